The first kappa shape index (κ1) is 28.3. The van der Waals surface area contributed by atoms with Crippen molar-refractivity contribution in [2.75, 3.05) is 32.1 Å². The third kappa shape index (κ3) is 5.04. The Morgan fingerprint density at radius 2 is 1.32 bits per heavy atom. The molecule has 0 atom stereocenters. The van der Waals surface area contributed by atoms with E-state index in [1.165, 1.54) is 38.1 Å². The van der Waals surface area contributed by atoms with Crippen molar-refractivity contribution in [2.45, 2.75) is 37.1 Å². The summed E-state index contributed by atoms with van der Waals surface area (Å²) in [5.41, 5.74) is -5.66. The fourth-order valence-electron chi connectivity index (χ4n) is 3.45. The van der Waals surface area contributed by atoms with Gasteiger partial charge in [0.15, 0.2) is 9.84 Å². The first-order valence-electron chi connectivity index (χ1n) is 10.2. The molecule has 0 heterocycles. The molecule has 0 bridgehead atoms. The maximum Gasteiger partial charge on any atom is 0.470 e. The number of nitrogens with zero attached hydrogens (tertiary/aromatic N) is 2. The van der Waals surface area contributed by atoms with Crippen molar-refractivity contribution in [2.24, 2.45) is 0 Å². The molecular formula is C20H26F3N2O6S3-. The van der Waals surface area contributed by atoms with Crippen LogP contribution in [0.25, 0.3) is 10.8 Å². The number of rotatable bonds is 10. The molecule has 0 aliphatic rings. The summed E-state index contributed by atoms with van der Waals surface area (Å²) < 4.78 is 117. The normalized spacial score (nSPS) is 13.7. The third-order valence-corrected chi connectivity index (χ3v) is 12.7. The van der Waals surface area contributed by atoms with Crippen LogP contribution < -0.4 is 4.90 Å². The quantitative estimate of drug-likeness (QED) is 0.422. The van der Waals surface area contributed by atoms with E-state index in [1.807, 2.05) is 0 Å². The fraction of sp³-hybridized carbons (Fsp3) is 0.450. The molecule has 0 fully saturated rings. The minimum absolute atomic E-state index is 0.115. The van der Waals surface area contributed by atoms with Crippen LogP contribution in [-0.2, 0) is 29.7 Å². The van der Waals surface area contributed by atoms with Gasteiger partial charge < -0.3 is 4.90 Å². The molecule has 0 N–H and O–H groups in total. The van der Waals surface area contributed by atoms with Crippen LogP contribution in [0.4, 0.5) is 18.9 Å². The lowest BCUT2D eigenvalue weighted by molar-refractivity contribution is -0.0428. The molecule has 0 aliphatic carbocycles. The van der Waals surface area contributed by atoms with Crippen LogP contribution in [0.15, 0.2) is 41.3 Å². The summed E-state index contributed by atoms with van der Waals surface area (Å²) in [7, 11) is -14.8. The number of halogens is 3. The molecule has 34 heavy (non-hydrogen) atoms. The van der Waals surface area contributed by atoms with E-state index in [4.69, 9.17) is 0 Å². The van der Waals surface area contributed by atoms with Crippen molar-refractivity contribution in [3.05, 3.63) is 40.3 Å². The highest BCUT2D eigenvalue weighted by atomic mass is 32.3. The van der Waals surface area contributed by atoms with Gasteiger partial charge in [-0.1, -0.05) is 38.1 Å². The molecule has 0 amide bonds. The average molecular weight is 544 g/mol. The van der Waals surface area contributed by atoms with Crippen LogP contribution in [0, 0.1) is 3.91 Å². The van der Waals surface area contributed by atoms with Gasteiger partial charge in [0.25, 0.3) is 0 Å². The van der Waals surface area contributed by atoms with Crippen molar-refractivity contribution in [3.8, 4) is 0 Å². The van der Waals surface area contributed by atoms with E-state index in [0.29, 0.717) is 9.99 Å². The molecule has 0 saturated carbocycles. The fourth-order valence-corrected chi connectivity index (χ4v) is 10.7. The lowest BCUT2D eigenvalue weighted by Crippen LogP contribution is -2.45. The second-order valence-electron chi connectivity index (χ2n) is 7.63. The van der Waals surface area contributed by atoms with Crippen LogP contribution in [0.5, 0.6) is 0 Å². The van der Waals surface area contributed by atoms with Gasteiger partial charge in [0.2, 0.25) is 0 Å². The Kier molecular flexibility index (Phi) is 8.33. The summed E-state index contributed by atoms with van der Waals surface area (Å²) in [4.78, 5) is 0.768. The maximum absolute atomic E-state index is 13.6. The lowest BCUT2D eigenvalue weighted by Gasteiger charge is -2.36. The lowest BCUT2D eigenvalue weighted by atomic mass is 10.1. The largest absolute Gasteiger partial charge is 0.470 e. The molecule has 8 nitrogen and oxygen atoms in total. The van der Waals surface area contributed by atoms with Gasteiger partial charge in [0.1, 0.15) is 10.0 Å². The topological polar surface area (TPSA) is 109 Å². The predicted octanol–water partition coefficient (Wildman–Crippen LogP) is 3.51. The smallest absolute Gasteiger partial charge is 0.377 e. The van der Waals surface area contributed by atoms with Crippen LogP contribution >= 0.6 is 0 Å². The maximum atomic E-state index is 13.6. The summed E-state index contributed by atoms with van der Waals surface area (Å²) in [6, 6.07) is 7.93. The van der Waals surface area contributed by atoms with E-state index in [-0.39, 0.29) is 36.7 Å². The summed E-state index contributed by atoms with van der Waals surface area (Å²) in [6.45, 7) is 2.34. The highest BCUT2D eigenvalue weighted by molar-refractivity contribution is 8.28. The summed E-state index contributed by atoms with van der Waals surface area (Å²) in [5, 5.41) is 0.171. The molecule has 2 aromatic rings. The van der Waals surface area contributed by atoms with E-state index in [0.717, 1.165) is 6.07 Å². The van der Waals surface area contributed by atoms with E-state index in [1.54, 1.807) is 25.1 Å². The van der Waals surface area contributed by atoms with Gasteiger partial charge in [-0.15, -0.1) is 0 Å². The number of hydrogen-bond acceptors (Lipinski definition) is 7. The van der Waals surface area contributed by atoms with E-state index < -0.39 is 44.0 Å². The van der Waals surface area contributed by atoms with Crippen LogP contribution in [-0.4, -0.2) is 62.3 Å². The molecule has 2 aromatic carbocycles. The Hall–Kier alpha value is -1.90. The number of benzene rings is 2. The Bertz CT molecular complexity index is 1350. The van der Waals surface area contributed by atoms with E-state index >= 15 is 0 Å². The molecule has 192 valence electrons. The second kappa shape index (κ2) is 9.99. The Morgan fingerprint density at radius 1 is 0.824 bits per heavy atom. The van der Waals surface area contributed by atoms with Gasteiger partial charge in [-0.2, -0.15) is 13.2 Å². The van der Waals surface area contributed by atoms with Gasteiger partial charge in [-0.25, -0.2) is 12.7 Å². The Labute approximate surface area is 198 Å². The van der Waals surface area contributed by atoms with Crippen molar-refractivity contribution in [3.63, 3.8) is 0 Å². The molecule has 0 radical (unpaired) electrons. The van der Waals surface area contributed by atoms with E-state index in [9.17, 15) is 38.4 Å². The van der Waals surface area contributed by atoms with Crippen molar-refractivity contribution < 1.29 is 38.4 Å². The number of anilines is 1. The van der Waals surface area contributed by atoms with Gasteiger partial charge >= 0.3 is 5.51 Å². The van der Waals surface area contributed by atoms with E-state index in [2.05, 4.69) is 0 Å². The molecule has 0 aliphatic heterocycles. The molecule has 2 rings (SSSR count). The monoisotopic (exact) mass is 543 g/mol. The van der Waals surface area contributed by atoms with Gasteiger partial charge in [-0.05, 0) is 30.4 Å². The second-order valence-corrected chi connectivity index (χ2v) is 14.0. The van der Waals surface area contributed by atoms with Gasteiger partial charge in [-0.3, -0.25) is 16.8 Å². The molecular weight excluding hydrogens is 517 g/mol. The Balaban J connectivity index is 2.98. The summed E-state index contributed by atoms with van der Waals surface area (Å²) in [6.07, 6.45) is 0.248. The van der Waals surface area contributed by atoms with Crippen LogP contribution in [0.2, 0.25) is 0 Å². The molecule has 0 aromatic heterocycles. The SMILES string of the molecule is CCCN(CCC)S(=O)(=O)[C-](S(=O)(=O)c1cccc2c(N(C)C)cccc12)S(=O)(=O)C(F)(F)F. The molecule has 0 saturated heterocycles. The van der Waals surface area contributed by atoms with Crippen LogP contribution in [0.3, 0.4) is 0 Å². The molecule has 0 unspecified atom stereocenters. The van der Waals surface area contributed by atoms with Crippen molar-refractivity contribution in [1.29, 1.82) is 0 Å². The number of sulfonamides is 1. The average Bonchev–Trinajstić information content (AvgIpc) is 2.71. The number of alkyl halides is 3. The summed E-state index contributed by atoms with van der Waals surface area (Å²) >= 11 is 0. The first-order valence-corrected chi connectivity index (χ1v) is 14.6. The molecule has 0 spiro atoms. The van der Waals surface area contributed by atoms with Gasteiger partial charge in [0, 0.05) is 43.2 Å². The zero-order valence-corrected chi connectivity index (χ0v) is 21.4. The third-order valence-electron chi connectivity index (χ3n) is 4.87. The number of sulfone groups is 2. The highest BCUT2D eigenvalue weighted by Crippen LogP contribution is 2.43. The zero-order valence-electron chi connectivity index (χ0n) is 19.0. The van der Waals surface area contributed by atoms with Gasteiger partial charge in [0.05, 0.1) is 13.8 Å². The minimum atomic E-state index is -6.79. The summed E-state index contributed by atoms with van der Waals surface area (Å²) in [5.74, 6) is 0. The Morgan fingerprint density at radius 3 is 1.79 bits per heavy atom. The standard InChI is InChI=1S/C20H26F3N2O6S3/c1-5-13-25(14-6-2)34(30,31)19(33(28,29)20(21,22)23)32(26,27)18-12-8-9-15-16(18)10-7-11-17(15)24(3)4/h7-12H,5-6,13-14H2,1-4H3/q-1. The van der Waals surface area contributed by atoms with Crippen molar-refractivity contribution in [1.82, 2.24) is 4.31 Å². The zero-order chi connectivity index (χ0) is 26.1. The number of hydrogen-bond donors (Lipinski definition) is 0. The van der Waals surface area contributed by atoms with Crippen LogP contribution in [0.1, 0.15) is 26.7 Å². The molecule has 14 heteroatoms. The van der Waals surface area contributed by atoms with Crippen molar-refractivity contribution >= 4 is 46.2 Å². The predicted molar refractivity (Wildman–Crippen MR) is 125 cm³/mol. The number of fused-ring (bicyclic) bond motifs is 1. The highest BCUT2D eigenvalue weighted by Gasteiger charge is 2.52. The minimum Gasteiger partial charge on any atom is -0.377 e. The first-order chi connectivity index (χ1) is 15.5.